The average molecular weight is 271 g/mol. The van der Waals surface area contributed by atoms with Crippen LogP contribution in [0.15, 0.2) is 36.5 Å². The van der Waals surface area contributed by atoms with Crippen LogP contribution in [-0.4, -0.2) is 23.1 Å². The number of aromatic carboxylic acids is 1. The van der Waals surface area contributed by atoms with Gasteiger partial charge in [-0.25, -0.2) is 9.78 Å². The number of hydrogen-bond donors (Lipinski definition) is 2. The van der Waals surface area contributed by atoms with Gasteiger partial charge in [0.1, 0.15) is 5.82 Å². The van der Waals surface area contributed by atoms with Crippen LogP contribution < -0.4 is 10.6 Å². The van der Waals surface area contributed by atoms with Crippen molar-refractivity contribution in [3.8, 4) is 0 Å². The number of carboxylic acids is 1. The molecule has 0 fully saturated rings. The monoisotopic (exact) mass is 271 g/mol. The zero-order valence-corrected chi connectivity index (χ0v) is 11.5. The van der Waals surface area contributed by atoms with E-state index in [-0.39, 0.29) is 11.3 Å². The molecule has 0 unspecified atom stereocenters. The Labute approximate surface area is 117 Å². The lowest BCUT2D eigenvalue weighted by Crippen LogP contribution is -2.18. The van der Waals surface area contributed by atoms with Gasteiger partial charge in [-0.3, -0.25) is 0 Å². The molecule has 0 aliphatic rings. The molecule has 20 heavy (non-hydrogen) atoms. The maximum atomic E-state index is 11.1. The third-order valence-electron chi connectivity index (χ3n) is 3.08. The average Bonchev–Trinajstić information content (AvgIpc) is 2.41. The van der Waals surface area contributed by atoms with E-state index >= 15 is 0 Å². The zero-order chi connectivity index (χ0) is 14.7. The third-order valence-corrected chi connectivity index (χ3v) is 3.08. The van der Waals surface area contributed by atoms with Gasteiger partial charge in [0.2, 0.25) is 0 Å². The highest BCUT2D eigenvalue weighted by molar-refractivity contribution is 5.94. The number of carbonyl (C=O) groups is 1. The van der Waals surface area contributed by atoms with Gasteiger partial charge in [0, 0.05) is 13.6 Å². The van der Waals surface area contributed by atoms with E-state index in [4.69, 9.17) is 10.8 Å². The standard InChI is InChI=1S/C15H17N3O2/c1-10-3-5-11(6-4-10)9-18(2)14-7-12(15(19)20)13(16)8-17-14/h3-8H,9,16H2,1-2H3,(H,19,20). The van der Waals surface area contributed by atoms with Crippen LogP contribution in [0.1, 0.15) is 21.5 Å². The molecule has 0 bridgehead atoms. The molecule has 2 rings (SSSR count). The van der Waals surface area contributed by atoms with Crippen molar-refractivity contribution in [1.82, 2.24) is 4.98 Å². The van der Waals surface area contributed by atoms with Crippen LogP contribution in [0, 0.1) is 6.92 Å². The third kappa shape index (κ3) is 3.06. The molecular formula is C15H17N3O2. The summed E-state index contributed by atoms with van der Waals surface area (Å²) in [5.41, 5.74) is 8.18. The van der Waals surface area contributed by atoms with E-state index in [2.05, 4.69) is 4.98 Å². The van der Waals surface area contributed by atoms with Gasteiger partial charge in [-0.05, 0) is 18.6 Å². The van der Waals surface area contributed by atoms with Crippen LogP contribution >= 0.6 is 0 Å². The first kappa shape index (κ1) is 13.9. The SMILES string of the molecule is Cc1ccc(CN(C)c2cc(C(=O)O)c(N)cn2)cc1. The Morgan fingerprint density at radius 3 is 2.60 bits per heavy atom. The second kappa shape index (κ2) is 5.61. The molecule has 0 saturated carbocycles. The molecule has 5 nitrogen and oxygen atoms in total. The normalized spacial score (nSPS) is 10.3. The molecule has 0 amide bonds. The van der Waals surface area contributed by atoms with E-state index in [1.165, 1.54) is 17.8 Å². The van der Waals surface area contributed by atoms with Gasteiger partial charge in [0.15, 0.2) is 0 Å². The number of carboxylic acid groups (broad SMARTS) is 1. The lowest BCUT2D eigenvalue weighted by atomic mass is 10.1. The number of nitrogens with two attached hydrogens (primary N) is 1. The highest BCUT2D eigenvalue weighted by Crippen LogP contribution is 2.19. The van der Waals surface area contributed by atoms with Crippen molar-refractivity contribution in [3.63, 3.8) is 0 Å². The van der Waals surface area contributed by atoms with Gasteiger partial charge in [-0.2, -0.15) is 0 Å². The van der Waals surface area contributed by atoms with Gasteiger partial charge < -0.3 is 15.7 Å². The number of aromatic nitrogens is 1. The molecule has 0 atom stereocenters. The molecular weight excluding hydrogens is 254 g/mol. The van der Waals surface area contributed by atoms with E-state index < -0.39 is 5.97 Å². The fourth-order valence-corrected chi connectivity index (χ4v) is 1.90. The smallest absolute Gasteiger partial charge is 0.337 e. The molecule has 0 spiro atoms. The topological polar surface area (TPSA) is 79.5 Å². The van der Waals surface area contributed by atoms with Crippen LogP contribution in [0.3, 0.4) is 0 Å². The van der Waals surface area contributed by atoms with Crippen molar-refractivity contribution in [1.29, 1.82) is 0 Å². The number of aryl methyl sites for hydroxylation is 1. The molecule has 5 heteroatoms. The molecule has 0 aliphatic heterocycles. The number of nitrogens with zero attached hydrogens (tertiary/aromatic N) is 2. The quantitative estimate of drug-likeness (QED) is 0.892. The minimum absolute atomic E-state index is 0.0748. The first-order valence-corrected chi connectivity index (χ1v) is 6.23. The van der Waals surface area contributed by atoms with Crippen LogP contribution in [-0.2, 0) is 6.54 Å². The minimum Gasteiger partial charge on any atom is -0.478 e. The van der Waals surface area contributed by atoms with Crippen LogP contribution in [0.5, 0.6) is 0 Å². The summed E-state index contributed by atoms with van der Waals surface area (Å²) >= 11 is 0. The number of anilines is 2. The Kier molecular flexibility index (Phi) is 3.89. The molecule has 0 saturated heterocycles. The van der Waals surface area contributed by atoms with Crippen molar-refractivity contribution in [2.75, 3.05) is 17.7 Å². The molecule has 1 aromatic heterocycles. The van der Waals surface area contributed by atoms with E-state index in [0.29, 0.717) is 12.4 Å². The van der Waals surface area contributed by atoms with E-state index in [0.717, 1.165) is 5.56 Å². The van der Waals surface area contributed by atoms with Crippen molar-refractivity contribution >= 4 is 17.5 Å². The highest BCUT2D eigenvalue weighted by atomic mass is 16.4. The number of pyridine rings is 1. The van der Waals surface area contributed by atoms with E-state index in [9.17, 15) is 4.79 Å². The van der Waals surface area contributed by atoms with Gasteiger partial charge >= 0.3 is 5.97 Å². The Bertz CT molecular complexity index is 624. The lowest BCUT2D eigenvalue weighted by molar-refractivity contribution is 0.0698. The Hall–Kier alpha value is -2.56. The van der Waals surface area contributed by atoms with Crippen molar-refractivity contribution in [2.45, 2.75) is 13.5 Å². The maximum Gasteiger partial charge on any atom is 0.337 e. The molecule has 1 heterocycles. The highest BCUT2D eigenvalue weighted by Gasteiger charge is 2.12. The summed E-state index contributed by atoms with van der Waals surface area (Å²) in [7, 11) is 1.87. The van der Waals surface area contributed by atoms with Crippen LogP contribution in [0.4, 0.5) is 11.5 Å². The number of hydrogen-bond acceptors (Lipinski definition) is 4. The second-order valence-corrected chi connectivity index (χ2v) is 4.78. The number of benzene rings is 1. The largest absolute Gasteiger partial charge is 0.478 e. The minimum atomic E-state index is -1.05. The van der Waals surface area contributed by atoms with Crippen molar-refractivity contribution < 1.29 is 9.90 Å². The van der Waals surface area contributed by atoms with E-state index in [1.807, 2.05) is 43.1 Å². The predicted molar refractivity (Wildman–Crippen MR) is 78.9 cm³/mol. The Morgan fingerprint density at radius 1 is 1.35 bits per heavy atom. The summed E-state index contributed by atoms with van der Waals surface area (Å²) in [6.07, 6.45) is 1.38. The molecule has 3 N–H and O–H groups in total. The lowest BCUT2D eigenvalue weighted by Gasteiger charge is -2.19. The summed E-state index contributed by atoms with van der Waals surface area (Å²) < 4.78 is 0. The molecule has 0 aliphatic carbocycles. The molecule has 2 aromatic rings. The summed E-state index contributed by atoms with van der Waals surface area (Å²) in [6, 6.07) is 9.67. The summed E-state index contributed by atoms with van der Waals surface area (Å²) in [6.45, 7) is 2.68. The molecule has 1 aromatic carbocycles. The van der Waals surface area contributed by atoms with Crippen molar-refractivity contribution in [3.05, 3.63) is 53.2 Å². The summed E-state index contributed by atoms with van der Waals surface area (Å²) in [5.74, 6) is -0.466. The second-order valence-electron chi connectivity index (χ2n) is 4.78. The van der Waals surface area contributed by atoms with E-state index in [1.54, 1.807) is 0 Å². The van der Waals surface area contributed by atoms with Crippen LogP contribution in [0.2, 0.25) is 0 Å². The Balaban J connectivity index is 2.20. The number of rotatable bonds is 4. The fraction of sp³-hybridized carbons (Fsp3) is 0.200. The Morgan fingerprint density at radius 2 is 2.00 bits per heavy atom. The van der Waals surface area contributed by atoms with Gasteiger partial charge in [0.05, 0.1) is 17.4 Å². The van der Waals surface area contributed by atoms with Gasteiger partial charge in [-0.15, -0.1) is 0 Å². The van der Waals surface area contributed by atoms with Gasteiger partial charge in [0.25, 0.3) is 0 Å². The fourth-order valence-electron chi connectivity index (χ4n) is 1.90. The summed E-state index contributed by atoms with van der Waals surface area (Å²) in [5, 5.41) is 9.07. The van der Waals surface area contributed by atoms with Gasteiger partial charge in [-0.1, -0.05) is 29.8 Å². The number of nitrogen functional groups attached to an aromatic ring is 1. The van der Waals surface area contributed by atoms with Crippen LogP contribution in [0.25, 0.3) is 0 Å². The zero-order valence-electron chi connectivity index (χ0n) is 11.5. The first-order chi connectivity index (χ1) is 9.47. The molecule has 104 valence electrons. The first-order valence-electron chi connectivity index (χ1n) is 6.23. The van der Waals surface area contributed by atoms with Crippen molar-refractivity contribution in [2.24, 2.45) is 0 Å². The summed E-state index contributed by atoms with van der Waals surface area (Å²) in [4.78, 5) is 17.1. The molecule has 0 radical (unpaired) electrons. The predicted octanol–water partition coefficient (Wildman–Crippen LogP) is 2.31. The maximum absolute atomic E-state index is 11.1.